The molecule has 1 fully saturated rings. The van der Waals surface area contributed by atoms with Crippen LogP contribution in [-0.2, 0) is 6.67 Å². The molecule has 0 amide bonds. The van der Waals surface area contributed by atoms with Crippen LogP contribution in [0, 0.1) is 0 Å². The first-order valence-corrected chi connectivity index (χ1v) is 6.60. The van der Waals surface area contributed by atoms with Crippen molar-refractivity contribution in [1.29, 1.82) is 0 Å². The van der Waals surface area contributed by atoms with Gasteiger partial charge in [-0.1, -0.05) is 12.1 Å². The Morgan fingerprint density at radius 3 is 2.88 bits per heavy atom. The number of rotatable bonds is 1. The molecule has 0 N–H and O–H groups in total. The van der Waals surface area contributed by atoms with Crippen LogP contribution in [0.2, 0.25) is 0 Å². The van der Waals surface area contributed by atoms with Crippen LogP contribution in [0.5, 0.6) is 0 Å². The fourth-order valence-electron chi connectivity index (χ4n) is 3.37. The highest BCUT2D eigenvalue weighted by Crippen LogP contribution is 2.26. The van der Waals surface area contributed by atoms with Crippen molar-refractivity contribution in [3.8, 4) is 0 Å². The molecule has 86 valence electrons. The van der Waals surface area contributed by atoms with E-state index >= 15 is 0 Å². The van der Waals surface area contributed by atoms with Gasteiger partial charge in [0.1, 0.15) is 0 Å². The van der Waals surface area contributed by atoms with E-state index in [-0.39, 0.29) is 0 Å². The normalized spacial score (nSPS) is 19.9. The Hall–Kier alpha value is -1.57. The van der Waals surface area contributed by atoms with E-state index in [0.29, 0.717) is 0 Å². The molecule has 0 spiro atoms. The van der Waals surface area contributed by atoms with Gasteiger partial charge in [-0.25, -0.2) is 4.58 Å². The molecule has 0 unspecified atom stereocenters. The first-order chi connectivity index (χ1) is 8.42. The van der Waals surface area contributed by atoms with Crippen LogP contribution in [-0.4, -0.2) is 21.4 Å². The van der Waals surface area contributed by atoms with Crippen molar-refractivity contribution in [2.75, 3.05) is 0 Å². The Balaban J connectivity index is 1.85. The van der Waals surface area contributed by atoms with Crippen molar-refractivity contribution < 1.29 is 4.58 Å². The summed E-state index contributed by atoms with van der Waals surface area (Å²) in [6.45, 7) is 1.03. The van der Waals surface area contributed by atoms with E-state index in [4.69, 9.17) is 0 Å². The van der Waals surface area contributed by atoms with Crippen molar-refractivity contribution in [1.82, 2.24) is 4.57 Å². The van der Waals surface area contributed by atoms with Crippen molar-refractivity contribution in [2.45, 2.75) is 38.4 Å². The minimum Gasteiger partial charge on any atom is -0.291 e. The number of benzene rings is 1. The molecule has 1 aromatic carbocycles. The molecule has 1 saturated carbocycles. The highest BCUT2D eigenvalue weighted by molar-refractivity contribution is 5.97. The molecule has 2 heteroatoms. The highest BCUT2D eigenvalue weighted by atomic mass is 15.2. The summed E-state index contributed by atoms with van der Waals surface area (Å²) in [7, 11) is 0. The topological polar surface area (TPSA) is 7.94 Å². The summed E-state index contributed by atoms with van der Waals surface area (Å²) in [4.78, 5) is 0. The van der Waals surface area contributed by atoms with Gasteiger partial charge in [0.25, 0.3) is 0 Å². The predicted octanol–water partition coefficient (Wildman–Crippen LogP) is 2.99. The van der Waals surface area contributed by atoms with E-state index in [0.717, 1.165) is 12.7 Å². The summed E-state index contributed by atoms with van der Waals surface area (Å²) < 4.78 is 4.93. The van der Waals surface area contributed by atoms with Gasteiger partial charge in [-0.15, -0.1) is 0 Å². The van der Waals surface area contributed by atoms with Crippen LogP contribution in [0.1, 0.15) is 31.2 Å². The summed E-state index contributed by atoms with van der Waals surface area (Å²) in [5.41, 5.74) is 2.78. The summed E-state index contributed by atoms with van der Waals surface area (Å²) in [5.74, 6) is 0. The Bertz CT molecular complexity index is 600. The van der Waals surface area contributed by atoms with Crippen LogP contribution in [0.4, 0.5) is 0 Å². The smallest absolute Gasteiger partial charge is 0.222 e. The first kappa shape index (κ1) is 9.46. The summed E-state index contributed by atoms with van der Waals surface area (Å²) in [6.07, 6.45) is 10.1. The van der Waals surface area contributed by atoms with E-state index in [1.165, 1.54) is 42.1 Å². The quantitative estimate of drug-likeness (QED) is 0.659. The summed E-state index contributed by atoms with van der Waals surface area (Å²) in [6, 6.07) is 9.59. The number of para-hydroxylation sites is 1. The first-order valence-electron chi connectivity index (χ1n) is 6.60. The van der Waals surface area contributed by atoms with Gasteiger partial charge in [0.2, 0.25) is 6.67 Å². The molecule has 2 aliphatic rings. The van der Waals surface area contributed by atoms with Gasteiger partial charge in [-0.2, -0.15) is 0 Å². The fourth-order valence-corrected chi connectivity index (χ4v) is 3.37. The van der Waals surface area contributed by atoms with Gasteiger partial charge in [-0.05, 0) is 25.0 Å². The molecule has 1 aliphatic carbocycles. The number of nitrogens with zero attached hydrogens (tertiary/aromatic N) is 2. The summed E-state index contributed by atoms with van der Waals surface area (Å²) in [5, 5.41) is 1.37. The maximum Gasteiger partial charge on any atom is 0.222 e. The van der Waals surface area contributed by atoms with E-state index in [9.17, 15) is 0 Å². The molecule has 2 aromatic rings. The van der Waals surface area contributed by atoms with Crippen LogP contribution >= 0.6 is 0 Å². The molecule has 0 atom stereocenters. The molecule has 17 heavy (non-hydrogen) atoms. The molecule has 0 radical (unpaired) electrons. The van der Waals surface area contributed by atoms with Crippen LogP contribution in [0.25, 0.3) is 10.9 Å². The standard InChI is InChI=1S/C15H17N2/c1-2-7-14(6-1)17-10-13-5-3-4-12-8-9-16(11-17)15(12)13/h3-5,8-10,14H,1-2,6-7,11H2/q+1. The molecule has 1 aromatic heterocycles. The third kappa shape index (κ3) is 1.36. The van der Waals surface area contributed by atoms with Crippen LogP contribution in [0.15, 0.2) is 30.5 Å². The van der Waals surface area contributed by atoms with Gasteiger partial charge in [0, 0.05) is 24.4 Å². The molecular weight excluding hydrogens is 208 g/mol. The maximum atomic E-state index is 2.54. The average molecular weight is 225 g/mol. The lowest BCUT2D eigenvalue weighted by Gasteiger charge is -2.16. The fraction of sp³-hybridized carbons (Fsp3) is 0.400. The molecule has 0 saturated heterocycles. The third-order valence-corrected chi connectivity index (χ3v) is 4.23. The summed E-state index contributed by atoms with van der Waals surface area (Å²) >= 11 is 0. The van der Waals surface area contributed by atoms with Gasteiger partial charge in [-0.3, -0.25) is 4.57 Å². The lowest BCUT2D eigenvalue weighted by atomic mass is 10.1. The van der Waals surface area contributed by atoms with E-state index in [2.05, 4.69) is 45.8 Å². The Morgan fingerprint density at radius 2 is 2.00 bits per heavy atom. The Labute approximate surface area is 101 Å². The predicted molar refractivity (Wildman–Crippen MR) is 69.6 cm³/mol. The average Bonchev–Trinajstić information content (AvgIpc) is 2.99. The second kappa shape index (κ2) is 3.46. The highest BCUT2D eigenvalue weighted by Gasteiger charge is 2.28. The molecule has 0 bridgehead atoms. The van der Waals surface area contributed by atoms with Gasteiger partial charge in [0.05, 0.1) is 11.1 Å². The number of aromatic nitrogens is 1. The maximum absolute atomic E-state index is 2.54. The molecule has 4 rings (SSSR count). The van der Waals surface area contributed by atoms with Crippen molar-refractivity contribution in [2.24, 2.45) is 0 Å². The number of hydrogen-bond donors (Lipinski definition) is 0. The third-order valence-electron chi connectivity index (χ3n) is 4.23. The van der Waals surface area contributed by atoms with Gasteiger partial charge < -0.3 is 0 Å². The van der Waals surface area contributed by atoms with E-state index in [1.54, 1.807) is 0 Å². The van der Waals surface area contributed by atoms with Crippen LogP contribution < -0.4 is 0 Å². The lowest BCUT2D eigenvalue weighted by molar-refractivity contribution is -0.590. The SMILES string of the molecule is C1=[N+](C2CCCC2)Cn2ccc3cccc1c32. The zero-order valence-corrected chi connectivity index (χ0v) is 9.97. The zero-order valence-electron chi connectivity index (χ0n) is 9.97. The minimum absolute atomic E-state index is 0.765. The van der Waals surface area contributed by atoms with Crippen molar-refractivity contribution in [3.05, 3.63) is 36.0 Å². The largest absolute Gasteiger partial charge is 0.291 e. The molecule has 2 nitrogen and oxygen atoms in total. The van der Waals surface area contributed by atoms with E-state index < -0.39 is 0 Å². The monoisotopic (exact) mass is 225 g/mol. The second-order valence-electron chi connectivity index (χ2n) is 5.29. The minimum atomic E-state index is 0.765. The molecular formula is C15H17N2+. The second-order valence-corrected chi connectivity index (χ2v) is 5.29. The van der Waals surface area contributed by atoms with Crippen LogP contribution in [0.3, 0.4) is 0 Å². The Morgan fingerprint density at radius 1 is 1.12 bits per heavy atom. The molecule has 2 heterocycles. The van der Waals surface area contributed by atoms with Crippen molar-refractivity contribution >= 4 is 17.1 Å². The van der Waals surface area contributed by atoms with Gasteiger partial charge in [0.15, 0.2) is 12.3 Å². The van der Waals surface area contributed by atoms with E-state index in [1.807, 2.05) is 0 Å². The Kier molecular flexibility index (Phi) is 1.92. The molecule has 1 aliphatic heterocycles. The van der Waals surface area contributed by atoms with Crippen molar-refractivity contribution in [3.63, 3.8) is 0 Å². The number of hydrogen-bond acceptors (Lipinski definition) is 0. The lowest BCUT2D eigenvalue weighted by Crippen LogP contribution is -2.29. The van der Waals surface area contributed by atoms with Gasteiger partial charge >= 0.3 is 0 Å². The zero-order chi connectivity index (χ0) is 11.2.